The van der Waals surface area contributed by atoms with E-state index in [0.717, 1.165) is 21.9 Å². The molecule has 1 heterocycles. The second-order valence-electron chi connectivity index (χ2n) is 6.69. The van der Waals surface area contributed by atoms with Crippen LogP contribution in [0, 0.1) is 11.3 Å². The summed E-state index contributed by atoms with van der Waals surface area (Å²) >= 11 is 0. The van der Waals surface area contributed by atoms with Crippen molar-refractivity contribution in [1.29, 1.82) is 5.26 Å². The molecule has 3 aromatic carbocycles. The van der Waals surface area contributed by atoms with Gasteiger partial charge >= 0.3 is 0 Å². The van der Waals surface area contributed by atoms with E-state index in [1.165, 1.54) is 5.56 Å². The van der Waals surface area contributed by atoms with Crippen LogP contribution in [0.3, 0.4) is 0 Å². The topological polar surface area (TPSA) is 36.3 Å². The predicted octanol–water partition coefficient (Wildman–Crippen LogP) is 5.45. The molecule has 0 aliphatic carbocycles. The van der Waals surface area contributed by atoms with Crippen molar-refractivity contribution >= 4 is 10.8 Å². The van der Waals surface area contributed by atoms with Gasteiger partial charge in [-0.1, -0.05) is 80.6 Å². The molecule has 2 unspecified atom stereocenters. The average Bonchev–Trinajstić information content (AvgIpc) is 3.37. The molecule has 0 N–H and O–H groups in total. The standard InChI is InChI=1S/C22H19NO/c1-15(2)16-10-12-18(13-11-16)21-22(14-23,24-21)20-9-5-7-17-6-3-4-8-19(17)20/h3-13,15,21H,1-2H3. The first-order chi connectivity index (χ1) is 11.7. The number of hydrogen-bond acceptors (Lipinski definition) is 2. The van der Waals surface area contributed by atoms with E-state index in [1.807, 2.05) is 24.3 Å². The fraction of sp³-hybridized carbons (Fsp3) is 0.227. The number of rotatable bonds is 3. The number of fused-ring (bicyclic) bond motifs is 1. The average molecular weight is 313 g/mol. The molecule has 2 atom stereocenters. The molecule has 2 nitrogen and oxygen atoms in total. The van der Waals surface area contributed by atoms with Crippen LogP contribution in [0.1, 0.15) is 42.6 Å². The zero-order valence-corrected chi connectivity index (χ0v) is 13.9. The number of nitriles is 1. The van der Waals surface area contributed by atoms with Gasteiger partial charge in [-0.15, -0.1) is 0 Å². The Labute approximate surface area is 142 Å². The Morgan fingerprint density at radius 2 is 1.67 bits per heavy atom. The smallest absolute Gasteiger partial charge is 0.211 e. The Hall–Kier alpha value is -2.63. The second-order valence-corrected chi connectivity index (χ2v) is 6.69. The van der Waals surface area contributed by atoms with Gasteiger partial charge in [0.05, 0.1) is 0 Å². The van der Waals surface area contributed by atoms with Gasteiger partial charge in [0.2, 0.25) is 5.60 Å². The summed E-state index contributed by atoms with van der Waals surface area (Å²) in [6, 6.07) is 25.1. The zero-order valence-electron chi connectivity index (χ0n) is 13.9. The molecular formula is C22H19NO. The lowest BCUT2D eigenvalue weighted by Crippen LogP contribution is -2.07. The van der Waals surface area contributed by atoms with Crippen molar-refractivity contribution in [1.82, 2.24) is 0 Å². The first-order valence-electron chi connectivity index (χ1n) is 8.33. The van der Waals surface area contributed by atoms with Crippen LogP contribution in [0.5, 0.6) is 0 Å². The van der Waals surface area contributed by atoms with Crippen LogP contribution in [-0.4, -0.2) is 0 Å². The van der Waals surface area contributed by atoms with Crippen molar-refractivity contribution in [2.24, 2.45) is 0 Å². The zero-order chi connectivity index (χ0) is 16.7. The van der Waals surface area contributed by atoms with E-state index in [1.54, 1.807) is 0 Å². The van der Waals surface area contributed by atoms with Gasteiger partial charge in [-0.05, 0) is 27.8 Å². The van der Waals surface area contributed by atoms with Crippen LogP contribution in [0.25, 0.3) is 10.8 Å². The fourth-order valence-electron chi connectivity index (χ4n) is 3.41. The summed E-state index contributed by atoms with van der Waals surface area (Å²) in [4.78, 5) is 0. The Kier molecular flexibility index (Phi) is 3.40. The van der Waals surface area contributed by atoms with Crippen molar-refractivity contribution in [3.05, 3.63) is 83.4 Å². The maximum Gasteiger partial charge on any atom is 0.211 e. The van der Waals surface area contributed by atoms with E-state index >= 15 is 0 Å². The summed E-state index contributed by atoms with van der Waals surface area (Å²) in [5, 5.41) is 12.1. The molecule has 4 rings (SSSR count). The Bertz CT molecular complexity index is 931. The summed E-state index contributed by atoms with van der Waals surface area (Å²) in [5.41, 5.74) is 2.45. The minimum Gasteiger partial charge on any atom is -0.340 e. The first kappa shape index (κ1) is 14.9. The quantitative estimate of drug-likeness (QED) is 0.602. The number of hydrogen-bond donors (Lipinski definition) is 0. The molecule has 0 saturated carbocycles. The van der Waals surface area contributed by atoms with Crippen molar-refractivity contribution in [2.45, 2.75) is 31.5 Å². The third-order valence-electron chi connectivity index (χ3n) is 4.88. The Morgan fingerprint density at radius 3 is 2.38 bits per heavy atom. The van der Waals surface area contributed by atoms with Gasteiger partial charge in [0, 0.05) is 5.56 Å². The van der Waals surface area contributed by atoms with Gasteiger partial charge in [-0.2, -0.15) is 5.26 Å². The fourth-order valence-corrected chi connectivity index (χ4v) is 3.41. The molecular weight excluding hydrogens is 294 g/mol. The van der Waals surface area contributed by atoms with Gasteiger partial charge in [0.15, 0.2) is 0 Å². The second kappa shape index (κ2) is 5.47. The molecule has 1 aliphatic heterocycles. The summed E-state index contributed by atoms with van der Waals surface area (Å²) in [7, 11) is 0. The third-order valence-corrected chi connectivity index (χ3v) is 4.88. The third kappa shape index (κ3) is 2.21. The highest BCUT2D eigenvalue weighted by molar-refractivity contribution is 5.87. The molecule has 118 valence electrons. The lowest BCUT2D eigenvalue weighted by Gasteiger charge is -2.10. The number of epoxide rings is 1. The highest BCUT2D eigenvalue weighted by Gasteiger charge is 2.60. The molecule has 1 saturated heterocycles. The normalized spacial score (nSPS) is 22.5. The molecule has 3 aromatic rings. The number of ether oxygens (including phenoxy) is 1. The lowest BCUT2D eigenvalue weighted by atomic mass is 9.88. The van der Waals surface area contributed by atoms with Crippen LogP contribution in [-0.2, 0) is 10.3 Å². The van der Waals surface area contributed by atoms with Gasteiger partial charge < -0.3 is 4.74 Å². The number of benzene rings is 3. The van der Waals surface area contributed by atoms with Crippen LogP contribution in [0.15, 0.2) is 66.7 Å². The van der Waals surface area contributed by atoms with Crippen molar-refractivity contribution < 1.29 is 4.74 Å². The monoisotopic (exact) mass is 313 g/mol. The molecule has 0 aromatic heterocycles. The van der Waals surface area contributed by atoms with E-state index in [9.17, 15) is 5.26 Å². The van der Waals surface area contributed by atoms with Crippen LogP contribution in [0.4, 0.5) is 0 Å². The Morgan fingerprint density at radius 1 is 0.958 bits per heavy atom. The first-order valence-corrected chi connectivity index (χ1v) is 8.33. The van der Waals surface area contributed by atoms with E-state index < -0.39 is 5.60 Å². The molecule has 1 aliphatic rings. The van der Waals surface area contributed by atoms with Gasteiger partial charge in [-0.25, -0.2) is 0 Å². The van der Waals surface area contributed by atoms with Crippen molar-refractivity contribution in [3.63, 3.8) is 0 Å². The maximum atomic E-state index is 9.87. The minimum absolute atomic E-state index is 0.200. The lowest BCUT2D eigenvalue weighted by molar-refractivity contribution is 0.341. The van der Waals surface area contributed by atoms with Crippen molar-refractivity contribution in [2.75, 3.05) is 0 Å². The summed E-state index contributed by atoms with van der Waals surface area (Å²) in [5.74, 6) is 0.498. The van der Waals surface area contributed by atoms with E-state index in [0.29, 0.717) is 5.92 Å². The summed E-state index contributed by atoms with van der Waals surface area (Å²) in [6.07, 6.45) is -0.200. The van der Waals surface area contributed by atoms with Crippen LogP contribution in [0.2, 0.25) is 0 Å². The van der Waals surface area contributed by atoms with E-state index in [2.05, 4.69) is 62.4 Å². The van der Waals surface area contributed by atoms with Crippen molar-refractivity contribution in [3.8, 4) is 6.07 Å². The summed E-state index contributed by atoms with van der Waals surface area (Å²) in [6.45, 7) is 4.36. The van der Waals surface area contributed by atoms with Gasteiger partial charge in [0.1, 0.15) is 12.2 Å². The van der Waals surface area contributed by atoms with Crippen LogP contribution < -0.4 is 0 Å². The highest BCUT2D eigenvalue weighted by Crippen LogP contribution is 2.57. The van der Waals surface area contributed by atoms with Crippen LogP contribution >= 0.6 is 0 Å². The largest absolute Gasteiger partial charge is 0.340 e. The van der Waals surface area contributed by atoms with E-state index in [4.69, 9.17) is 4.74 Å². The molecule has 2 heteroatoms. The Balaban J connectivity index is 1.76. The molecule has 0 amide bonds. The molecule has 1 fully saturated rings. The summed E-state index contributed by atoms with van der Waals surface area (Å²) < 4.78 is 5.97. The van der Waals surface area contributed by atoms with Gasteiger partial charge in [0.25, 0.3) is 0 Å². The maximum absolute atomic E-state index is 9.87. The molecule has 24 heavy (non-hydrogen) atoms. The minimum atomic E-state index is -0.875. The number of nitrogens with zero attached hydrogens (tertiary/aromatic N) is 1. The molecule has 0 spiro atoms. The highest BCUT2D eigenvalue weighted by atomic mass is 16.6. The molecule has 0 bridgehead atoms. The predicted molar refractivity (Wildman–Crippen MR) is 95.6 cm³/mol. The SMILES string of the molecule is CC(C)c1ccc(C2OC2(C#N)c2cccc3ccccc23)cc1. The molecule has 0 radical (unpaired) electrons. The van der Waals surface area contributed by atoms with E-state index in [-0.39, 0.29) is 6.10 Å². The van der Waals surface area contributed by atoms with Gasteiger partial charge in [-0.3, -0.25) is 0 Å².